The summed E-state index contributed by atoms with van der Waals surface area (Å²) in [5.74, 6) is 1.95. The molecule has 2 aliphatic rings. The first-order valence-corrected chi connectivity index (χ1v) is 12.5. The molecule has 33 heavy (non-hydrogen) atoms. The van der Waals surface area contributed by atoms with E-state index in [0.29, 0.717) is 11.9 Å². The predicted molar refractivity (Wildman–Crippen MR) is 134 cm³/mol. The van der Waals surface area contributed by atoms with Crippen molar-refractivity contribution in [1.82, 2.24) is 24.8 Å². The van der Waals surface area contributed by atoms with Crippen LogP contribution in [-0.2, 0) is 12.8 Å². The van der Waals surface area contributed by atoms with Crippen LogP contribution in [0.4, 0.5) is 17.7 Å². The quantitative estimate of drug-likeness (QED) is 0.498. The van der Waals surface area contributed by atoms with E-state index < -0.39 is 0 Å². The van der Waals surface area contributed by atoms with Crippen LogP contribution in [0.5, 0.6) is 0 Å². The third-order valence-corrected chi connectivity index (χ3v) is 6.87. The van der Waals surface area contributed by atoms with Gasteiger partial charge in [0.05, 0.1) is 11.2 Å². The number of benzene rings is 1. The van der Waals surface area contributed by atoms with E-state index in [-0.39, 0.29) is 0 Å². The van der Waals surface area contributed by atoms with Gasteiger partial charge in [0.25, 0.3) is 0 Å². The molecular formula is C26H35N7. The van der Waals surface area contributed by atoms with E-state index in [1.54, 1.807) is 0 Å². The fourth-order valence-corrected chi connectivity index (χ4v) is 5.15. The van der Waals surface area contributed by atoms with Gasteiger partial charge >= 0.3 is 0 Å². The minimum absolute atomic E-state index is 0.539. The smallest absolute Gasteiger partial charge is 0.231 e. The van der Waals surface area contributed by atoms with E-state index in [0.717, 1.165) is 60.5 Å². The lowest BCUT2D eigenvalue weighted by Gasteiger charge is -2.26. The van der Waals surface area contributed by atoms with Gasteiger partial charge < -0.3 is 10.2 Å². The highest BCUT2D eigenvalue weighted by Crippen LogP contribution is 2.30. The number of nitrogens with one attached hydrogen (secondary N) is 2. The molecule has 0 amide bonds. The molecule has 174 valence electrons. The van der Waals surface area contributed by atoms with Crippen LogP contribution in [0, 0.1) is 13.8 Å². The van der Waals surface area contributed by atoms with E-state index >= 15 is 0 Å². The third-order valence-electron chi connectivity index (χ3n) is 6.87. The molecule has 2 N–H and O–H groups in total. The molecule has 0 saturated carbocycles. The molecule has 3 aromatic rings. The summed E-state index contributed by atoms with van der Waals surface area (Å²) in [5, 5.41) is 7.89. The average molecular weight is 446 g/mol. The lowest BCUT2D eigenvalue weighted by Crippen LogP contribution is -2.31. The Kier molecular flexibility index (Phi) is 6.67. The molecule has 1 aliphatic carbocycles. The summed E-state index contributed by atoms with van der Waals surface area (Å²) in [5.41, 5.74) is 5.79. The van der Waals surface area contributed by atoms with Crippen molar-refractivity contribution < 1.29 is 0 Å². The number of fused-ring (bicyclic) bond motifs is 3. The Morgan fingerprint density at radius 2 is 1.70 bits per heavy atom. The zero-order valence-corrected chi connectivity index (χ0v) is 20.0. The Hall–Kier alpha value is -2.80. The van der Waals surface area contributed by atoms with E-state index in [4.69, 9.17) is 9.97 Å². The van der Waals surface area contributed by atoms with Gasteiger partial charge in [-0.15, -0.1) is 0 Å². The van der Waals surface area contributed by atoms with Gasteiger partial charge in [-0.1, -0.05) is 18.6 Å². The summed E-state index contributed by atoms with van der Waals surface area (Å²) >= 11 is 0. The number of hydrogen-bond donors (Lipinski definition) is 2. The Labute approximate surface area is 196 Å². The van der Waals surface area contributed by atoms with Gasteiger partial charge in [0.15, 0.2) is 0 Å². The molecular weight excluding hydrogens is 410 g/mol. The van der Waals surface area contributed by atoms with Crippen LogP contribution < -0.4 is 10.6 Å². The lowest BCUT2D eigenvalue weighted by molar-refractivity contribution is 0.228. The van der Waals surface area contributed by atoms with E-state index in [1.807, 2.05) is 13.0 Å². The number of nitrogens with zero attached hydrogens (tertiary/aromatic N) is 5. The van der Waals surface area contributed by atoms with Gasteiger partial charge in [-0.3, -0.25) is 5.32 Å². The van der Waals surface area contributed by atoms with Crippen molar-refractivity contribution in [3.05, 3.63) is 40.7 Å². The fraction of sp³-hybridized carbons (Fsp3) is 0.538. The maximum absolute atomic E-state index is 4.90. The number of piperidine rings is 1. The zero-order valence-electron chi connectivity index (χ0n) is 20.0. The highest BCUT2D eigenvalue weighted by molar-refractivity contribution is 5.86. The van der Waals surface area contributed by atoms with Gasteiger partial charge in [0, 0.05) is 23.7 Å². The second-order valence-corrected chi connectivity index (χ2v) is 9.46. The highest BCUT2D eigenvalue weighted by Gasteiger charge is 2.16. The van der Waals surface area contributed by atoms with Crippen molar-refractivity contribution in [2.75, 3.05) is 36.8 Å². The molecule has 1 aliphatic heterocycles. The second-order valence-electron chi connectivity index (χ2n) is 9.46. The SMILES string of the molecule is Cc1cc(NCCCN2CCCCC2)nc(Nc2nc(C)c3ccc4c(c3n2)CCCC4)n1. The zero-order chi connectivity index (χ0) is 22.6. The molecule has 0 atom stereocenters. The molecule has 1 saturated heterocycles. The monoisotopic (exact) mass is 445 g/mol. The molecule has 1 fully saturated rings. The first-order chi connectivity index (χ1) is 16.2. The Bertz CT molecular complexity index is 1120. The Balaban J connectivity index is 1.29. The first-order valence-electron chi connectivity index (χ1n) is 12.5. The Morgan fingerprint density at radius 1 is 0.879 bits per heavy atom. The molecule has 7 nitrogen and oxygen atoms in total. The second kappa shape index (κ2) is 10.00. The maximum atomic E-state index is 4.90. The summed E-state index contributed by atoms with van der Waals surface area (Å²) in [7, 11) is 0. The molecule has 2 aromatic heterocycles. The number of anilines is 3. The van der Waals surface area contributed by atoms with Crippen LogP contribution in [0.15, 0.2) is 18.2 Å². The van der Waals surface area contributed by atoms with Gasteiger partial charge in [0.1, 0.15) is 5.82 Å². The van der Waals surface area contributed by atoms with Gasteiger partial charge in [-0.05, 0) is 89.6 Å². The van der Waals surface area contributed by atoms with Crippen molar-refractivity contribution in [1.29, 1.82) is 0 Å². The minimum Gasteiger partial charge on any atom is -0.370 e. The van der Waals surface area contributed by atoms with Crippen molar-refractivity contribution in [2.45, 2.75) is 65.2 Å². The van der Waals surface area contributed by atoms with E-state index in [2.05, 4.69) is 44.6 Å². The number of rotatable bonds is 7. The minimum atomic E-state index is 0.539. The summed E-state index contributed by atoms with van der Waals surface area (Å²) in [6.07, 6.45) is 9.90. The molecule has 0 unspecified atom stereocenters. The number of likely N-dealkylation sites (tertiary alicyclic amines) is 1. The fourth-order valence-electron chi connectivity index (χ4n) is 5.15. The molecule has 3 heterocycles. The van der Waals surface area contributed by atoms with Crippen molar-refractivity contribution in [3.8, 4) is 0 Å². The molecule has 0 radical (unpaired) electrons. The van der Waals surface area contributed by atoms with Crippen molar-refractivity contribution in [3.63, 3.8) is 0 Å². The lowest BCUT2D eigenvalue weighted by atomic mass is 9.89. The maximum Gasteiger partial charge on any atom is 0.231 e. The standard InChI is InChI=1S/C26H35N7/c1-18-17-23(27-13-8-16-33-14-6-3-7-15-33)30-25(28-18)32-26-29-19(2)21-12-11-20-9-4-5-10-22(20)24(21)31-26/h11-12,17H,3-10,13-16H2,1-2H3,(H2,27,28,29,30,31,32). The first kappa shape index (κ1) is 22.0. The van der Waals surface area contributed by atoms with Crippen LogP contribution in [-0.4, -0.2) is 51.0 Å². The summed E-state index contributed by atoms with van der Waals surface area (Å²) in [6, 6.07) is 6.43. The summed E-state index contributed by atoms with van der Waals surface area (Å²) in [6.45, 7) is 8.59. The third kappa shape index (κ3) is 5.24. The number of aryl methyl sites for hydroxylation is 4. The Morgan fingerprint density at radius 3 is 2.58 bits per heavy atom. The normalized spacial score (nSPS) is 16.5. The average Bonchev–Trinajstić information content (AvgIpc) is 2.82. The number of aromatic nitrogens is 4. The summed E-state index contributed by atoms with van der Waals surface area (Å²) < 4.78 is 0. The molecule has 0 bridgehead atoms. The molecule has 7 heteroatoms. The largest absolute Gasteiger partial charge is 0.370 e. The number of hydrogen-bond acceptors (Lipinski definition) is 7. The van der Waals surface area contributed by atoms with Crippen LogP contribution in [0.3, 0.4) is 0 Å². The van der Waals surface area contributed by atoms with Crippen LogP contribution in [0.1, 0.15) is 61.0 Å². The van der Waals surface area contributed by atoms with Gasteiger partial charge in [-0.2, -0.15) is 4.98 Å². The van der Waals surface area contributed by atoms with Gasteiger partial charge in [-0.25, -0.2) is 15.0 Å². The van der Waals surface area contributed by atoms with Crippen LogP contribution in [0.2, 0.25) is 0 Å². The van der Waals surface area contributed by atoms with Crippen LogP contribution >= 0.6 is 0 Å². The summed E-state index contributed by atoms with van der Waals surface area (Å²) in [4.78, 5) is 21.4. The predicted octanol–water partition coefficient (Wildman–Crippen LogP) is 4.95. The van der Waals surface area contributed by atoms with E-state index in [1.165, 1.54) is 56.3 Å². The molecule has 0 spiro atoms. The molecule has 5 rings (SSSR count). The van der Waals surface area contributed by atoms with Crippen molar-refractivity contribution >= 4 is 28.6 Å². The highest BCUT2D eigenvalue weighted by atomic mass is 15.2. The van der Waals surface area contributed by atoms with Crippen LogP contribution in [0.25, 0.3) is 10.9 Å². The van der Waals surface area contributed by atoms with Gasteiger partial charge in [0.2, 0.25) is 11.9 Å². The molecule has 1 aromatic carbocycles. The van der Waals surface area contributed by atoms with E-state index in [9.17, 15) is 0 Å². The topological polar surface area (TPSA) is 78.9 Å². The van der Waals surface area contributed by atoms with Crippen molar-refractivity contribution in [2.24, 2.45) is 0 Å².